The van der Waals surface area contributed by atoms with E-state index in [9.17, 15) is 17.6 Å². The van der Waals surface area contributed by atoms with E-state index >= 15 is 0 Å². The molecule has 0 spiro atoms. The molecule has 0 aliphatic carbocycles. The Hall–Kier alpha value is -2.45. The van der Waals surface area contributed by atoms with Gasteiger partial charge in [-0.05, 0) is 29.7 Å². The van der Waals surface area contributed by atoms with Crippen molar-refractivity contribution >= 4 is 16.1 Å². The number of nitrogens with zero attached hydrogens (tertiary/aromatic N) is 1. The van der Waals surface area contributed by atoms with Gasteiger partial charge < -0.3 is 9.64 Å². The molecule has 2 aromatic rings. The molecular weight excluding hydrogens is 371 g/mol. The Morgan fingerprint density at radius 1 is 1.11 bits per heavy atom. The van der Waals surface area contributed by atoms with E-state index in [1.807, 2.05) is 30.3 Å². The zero-order chi connectivity index (χ0) is 19.3. The molecule has 1 N–H and O–H groups in total. The van der Waals surface area contributed by atoms with Crippen molar-refractivity contribution in [2.75, 3.05) is 13.1 Å². The van der Waals surface area contributed by atoms with E-state index in [0.717, 1.165) is 5.56 Å². The van der Waals surface area contributed by atoms with E-state index in [-0.39, 0.29) is 25.5 Å². The molecule has 1 aliphatic rings. The molecule has 1 amide bonds. The molecule has 1 fully saturated rings. The third-order valence-corrected chi connectivity index (χ3v) is 6.25. The molecule has 3 rings (SSSR count). The van der Waals surface area contributed by atoms with Crippen molar-refractivity contribution in [3.05, 3.63) is 71.5 Å². The van der Waals surface area contributed by atoms with E-state index in [0.29, 0.717) is 18.5 Å². The molecule has 144 valence electrons. The van der Waals surface area contributed by atoms with Crippen LogP contribution in [0.4, 0.5) is 9.18 Å². The standard InChI is InChI=1S/C19H21FN2O4S/c20-17-8-6-15(7-9-17)12-21-27(24,25)18-10-11-22(13-18)19(23)26-14-16-4-2-1-3-5-16/h1-9,18,21H,10-14H2. The Kier molecular flexibility index (Phi) is 6.08. The van der Waals surface area contributed by atoms with Crippen LogP contribution < -0.4 is 4.72 Å². The van der Waals surface area contributed by atoms with Crippen molar-refractivity contribution < 1.29 is 22.3 Å². The summed E-state index contributed by atoms with van der Waals surface area (Å²) in [5.74, 6) is -0.373. The molecule has 1 unspecified atom stereocenters. The SMILES string of the molecule is O=C(OCc1ccccc1)N1CCC(S(=O)(=O)NCc2ccc(F)cc2)C1. The summed E-state index contributed by atoms with van der Waals surface area (Å²) in [5, 5.41) is -0.692. The van der Waals surface area contributed by atoms with Gasteiger partial charge in [0.2, 0.25) is 10.0 Å². The van der Waals surface area contributed by atoms with Gasteiger partial charge in [-0.1, -0.05) is 42.5 Å². The lowest BCUT2D eigenvalue weighted by Gasteiger charge is -2.17. The minimum Gasteiger partial charge on any atom is -0.445 e. The molecule has 1 atom stereocenters. The average molecular weight is 392 g/mol. The number of amides is 1. The maximum absolute atomic E-state index is 12.9. The van der Waals surface area contributed by atoms with E-state index in [1.54, 1.807) is 0 Å². The number of carbonyl (C=O) groups excluding carboxylic acids is 1. The fourth-order valence-electron chi connectivity index (χ4n) is 2.86. The monoisotopic (exact) mass is 392 g/mol. The number of nitrogens with one attached hydrogen (secondary N) is 1. The normalized spacial score (nSPS) is 17.1. The number of halogens is 1. The van der Waals surface area contributed by atoms with Crippen molar-refractivity contribution in [3.63, 3.8) is 0 Å². The van der Waals surface area contributed by atoms with Crippen molar-refractivity contribution in [3.8, 4) is 0 Å². The summed E-state index contributed by atoms with van der Waals surface area (Å²) in [7, 11) is -3.60. The van der Waals surface area contributed by atoms with Gasteiger partial charge in [-0.3, -0.25) is 0 Å². The van der Waals surface area contributed by atoms with E-state index in [1.165, 1.54) is 29.2 Å². The van der Waals surface area contributed by atoms with Crippen LogP contribution in [0.15, 0.2) is 54.6 Å². The molecule has 8 heteroatoms. The Bertz CT molecular complexity index is 872. The number of ether oxygens (including phenoxy) is 1. The lowest BCUT2D eigenvalue weighted by molar-refractivity contribution is 0.104. The first-order chi connectivity index (χ1) is 12.9. The molecule has 27 heavy (non-hydrogen) atoms. The topological polar surface area (TPSA) is 75.7 Å². The van der Waals surface area contributed by atoms with Crippen molar-refractivity contribution in [2.45, 2.75) is 24.8 Å². The van der Waals surface area contributed by atoms with Crippen LogP contribution in [0.1, 0.15) is 17.5 Å². The summed E-state index contributed by atoms with van der Waals surface area (Å²) in [6.07, 6.45) is -0.172. The molecular formula is C19H21FN2O4S. The third-order valence-electron chi connectivity index (χ3n) is 4.44. The molecule has 1 heterocycles. The number of sulfonamides is 1. The average Bonchev–Trinajstić information content (AvgIpc) is 3.18. The summed E-state index contributed by atoms with van der Waals surface area (Å²) in [6.45, 7) is 0.649. The van der Waals surface area contributed by atoms with Crippen LogP contribution in [0.3, 0.4) is 0 Å². The Labute approximate surface area is 158 Å². The Morgan fingerprint density at radius 3 is 2.52 bits per heavy atom. The molecule has 0 radical (unpaired) electrons. The van der Waals surface area contributed by atoms with Crippen molar-refractivity contribution in [2.24, 2.45) is 0 Å². The molecule has 0 aromatic heterocycles. The minimum absolute atomic E-state index is 0.0809. The van der Waals surface area contributed by atoms with E-state index in [4.69, 9.17) is 4.74 Å². The second kappa shape index (κ2) is 8.49. The molecule has 1 aliphatic heterocycles. The summed E-state index contributed by atoms with van der Waals surface area (Å²) < 4.78 is 45.6. The van der Waals surface area contributed by atoms with Gasteiger partial charge in [-0.2, -0.15) is 0 Å². The molecule has 0 bridgehead atoms. The van der Waals surface area contributed by atoms with Crippen LogP contribution in [-0.4, -0.2) is 37.8 Å². The third kappa shape index (κ3) is 5.27. The van der Waals surface area contributed by atoms with Crippen LogP contribution in [-0.2, 0) is 27.9 Å². The van der Waals surface area contributed by atoms with Crippen LogP contribution in [0.25, 0.3) is 0 Å². The van der Waals surface area contributed by atoms with Gasteiger partial charge >= 0.3 is 6.09 Å². The number of benzene rings is 2. The highest BCUT2D eigenvalue weighted by Crippen LogP contribution is 2.18. The summed E-state index contributed by atoms with van der Waals surface area (Å²) in [6, 6.07) is 14.9. The first kappa shape index (κ1) is 19.3. The first-order valence-corrected chi connectivity index (χ1v) is 10.2. The quantitative estimate of drug-likeness (QED) is 0.820. The number of carbonyl (C=O) groups is 1. The Morgan fingerprint density at radius 2 is 1.81 bits per heavy atom. The summed E-state index contributed by atoms with van der Waals surface area (Å²) >= 11 is 0. The number of hydrogen-bond donors (Lipinski definition) is 1. The predicted octanol–water partition coefficient (Wildman–Crippen LogP) is 2.66. The molecule has 2 aromatic carbocycles. The van der Waals surface area contributed by atoms with Gasteiger partial charge in [-0.15, -0.1) is 0 Å². The van der Waals surface area contributed by atoms with Crippen LogP contribution in [0, 0.1) is 5.82 Å². The highest BCUT2D eigenvalue weighted by Gasteiger charge is 2.35. The predicted molar refractivity (Wildman–Crippen MR) is 98.8 cm³/mol. The maximum Gasteiger partial charge on any atom is 0.410 e. The van der Waals surface area contributed by atoms with Crippen LogP contribution >= 0.6 is 0 Å². The number of rotatable bonds is 6. The van der Waals surface area contributed by atoms with E-state index in [2.05, 4.69) is 4.72 Å². The second-order valence-electron chi connectivity index (χ2n) is 6.39. The van der Waals surface area contributed by atoms with Crippen LogP contribution in [0.5, 0.6) is 0 Å². The largest absolute Gasteiger partial charge is 0.445 e. The smallest absolute Gasteiger partial charge is 0.410 e. The number of hydrogen-bond acceptors (Lipinski definition) is 4. The maximum atomic E-state index is 12.9. The van der Waals surface area contributed by atoms with Crippen molar-refractivity contribution in [1.29, 1.82) is 0 Å². The second-order valence-corrected chi connectivity index (χ2v) is 8.43. The molecule has 0 saturated carbocycles. The zero-order valence-corrected chi connectivity index (χ0v) is 15.5. The van der Waals surface area contributed by atoms with Gasteiger partial charge in [0, 0.05) is 19.6 Å². The summed E-state index contributed by atoms with van der Waals surface area (Å²) in [4.78, 5) is 13.6. The minimum atomic E-state index is -3.60. The first-order valence-electron chi connectivity index (χ1n) is 8.62. The lowest BCUT2D eigenvalue weighted by atomic mass is 10.2. The fourth-order valence-corrected chi connectivity index (χ4v) is 4.26. The fraction of sp³-hybridized carbons (Fsp3) is 0.316. The van der Waals surface area contributed by atoms with E-state index < -0.39 is 21.4 Å². The Balaban J connectivity index is 1.49. The van der Waals surface area contributed by atoms with Crippen molar-refractivity contribution in [1.82, 2.24) is 9.62 Å². The van der Waals surface area contributed by atoms with Gasteiger partial charge in [-0.25, -0.2) is 22.3 Å². The van der Waals surface area contributed by atoms with Gasteiger partial charge in [0.1, 0.15) is 12.4 Å². The molecule has 6 nitrogen and oxygen atoms in total. The lowest BCUT2D eigenvalue weighted by Crippen LogP contribution is -2.37. The highest BCUT2D eigenvalue weighted by atomic mass is 32.2. The van der Waals surface area contributed by atoms with Crippen LogP contribution in [0.2, 0.25) is 0 Å². The zero-order valence-electron chi connectivity index (χ0n) is 14.7. The van der Waals surface area contributed by atoms with Gasteiger partial charge in [0.25, 0.3) is 0 Å². The van der Waals surface area contributed by atoms with Gasteiger partial charge in [0.05, 0.1) is 5.25 Å². The van der Waals surface area contributed by atoms with Gasteiger partial charge in [0.15, 0.2) is 0 Å². The molecule has 1 saturated heterocycles. The highest BCUT2D eigenvalue weighted by molar-refractivity contribution is 7.90. The number of likely N-dealkylation sites (tertiary alicyclic amines) is 1. The summed E-state index contributed by atoms with van der Waals surface area (Å²) in [5.41, 5.74) is 1.53.